The number of ether oxygens (including phenoxy) is 1. The van der Waals surface area contributed by atoms with Crippen molar-refractivity contribution in [1.82, 2.24) is 15.4 Å². The van der Waals surface area contributed by atoms with E-state index in [9.17, 15) is 13.2 Å². The van der Waals surface area contributed by atoms with E-state index in [-0.39, 0.29) is 22.6 Å². The van der Waals surface area contributed by atoms with Crippen LogP contribution < -0.4 is 20.1 Å². The van der Waals surface area contributed by atoms with E-state index in [0.717, 1.165) is 32.4 Å². The highest BCUT2D eigenvalue weighted by Crippen LogP contribution is 2.28. The molecule has 3 N–H and O–H groups in total. The van der Waals surface area contributed by atoms with Crippen molar-refractivity contribution in [3.8, 4) is 5.75 Å². The minimum absolute atomic E-state index is 0.00806. The van der Waals surface area contributed by atoms with Crippen LogP contribution >= 0.6 is 0 Å². The summed E-state index contributed by atoms with van der Waals surface area (Å²) in [6.45, 7) is 2.65. The maximum atomic E-state index is 12.5. The second kappa shape index (κ2) is 8.37. The molecule has 0 radical (unpaired) electrons. The van der Waals surface area contributed by atoms with Crippen LogP contribution in [0.4, 0.5) is 0 Å². The first-order valence-corrected chi connectivity index (χ1v) is 10.7. The SMILES string of the molecule is COc1ccc(C(=O)NCCC2CCCNC2)cc1S(=O)(=O)NC1CC1. The van der Waals surface area contributed by atoms with Crippen LogP contribution in [-0.4, -0.2) is 47.1 Å². The molecule has 1 aromatic carbocycles. The summed E-state index contributed by atoms with van der Waals surface area (Å²) in [6, 6.07) is 4.50. The van der Waals surface area contributed by atoms with Gasteiger partial charge in [0.1, 0.15) is 10.6 Å². The van der Waals surface area contributed by atoms with Gasteiger partial charge >= 0.3 is 0 Å². The number of sulfonamides is 1. The molecule has 1 saturated heterocycles. The number of nitrogens with one attached hydrogen (secondary N) is 3. The lowest BCUT2D eigenvalue weighted by Gasteiger charge is -2.22. The predicted molar refractivity (Wildman–Crippen MR) is 98.9 cm³/mol. The van der Waals surface area contributed by atoms with Gasteiger partial charge in [-0.2, -0.15) is 0 Å². The summed E-state index contributed by atoms with van der Waals surface area (Å²) in [4.78, 5) is 12.4. The standard InChI is InChI=1S/C18H27N3O4S/c1-25-16-7-4-14(11-17(16)26(23,24)21-15-5-6-15)18(22)20-10-8-13-3-2-9-19-12-13/h4,7,11,13,15,19,21H,2-3,5-6,8-10,12H2,1H3,(H,20,22). The molecule has 26 heavy (non-hydrogen) atoms. The topological polar surface area (TPSA) is 96.5 Å². The van der Waals surface area contributed by atoms with E-state index >= 15 is 0 Å². The molecule has 1 aromatic rings. The first-order valence-electron chi connectivity index (χ1n) is 9.19. The molecule has 3 rings (SSSR count). The van der Waals surface area contributed by atoms with Crippen molar-refractivity contribution in [2.75, 3.05) is 26.7 Å². The van der Waals surface area contributed by atoms with Crippen molar-refractivity contribution < 1.29 is 17.9 Å². The summed E-state index contributed by atoms with van der Waals surface area (Å²) in [5.74, 6) is 0.556. The number of carbonyl (C=O) groups excluding carboxylic acids is 1. The van der Waals surface area contributed by atoms with E-state index in [1.165, 1.54) is 32.1 Å². The maximum absolute atomic E-state index is 12.5. The molecule has 2 aliphatic rings. The number of amides is 1. The molecule has 8 heteroatoms. The lowest BCUT2D eigenvalue weighted by Crippen LogP contribution is -2.33. The first-order chi connectivity index (χ1) is 12.5. The van der Waals surface area contributed by atoms with E-state index in [0.29, 0.717) is 18.0 Å². The van der Waals surface area contributed by atoms with Gasteiger partial charge in [0.05, 0.1) is 7.11 Å². The van der Waals surface area contributed by atoms with Crippen LogP contribution in [0.5, 0.6) is 5.75 Å². The maximum Gasteiger partial charge on any atom is 0.251 e. The van der Waals surface area contributed by atoms with Crippen molar-refractivity contribution in [2.45, 2.75) is 43.0 Å². The van der Waals surface area contributed by atoms with Crippen molar-refractivity contribution >= 4 is 15.9 Å². The summed E-state index contributed by atoms with van der Waals surface area (Å²) < 4.78 is 32.9. The highest BCUT2D eigenvalue weighted by atomic mass is 32.2. The lowest BCUT2D eigenvalue weighted by molar-refractivity contribution is 0.0950. The number of carbonyl (C=O) groups is 1. The smallest absolute Gasteiger partial charge is 0.251 e. The first kappa shape index (κ1) is 19.1. The molecule has 0 spiro atoms. The van der Waals surface area contributed by atoms with Gasteiger partial charge in [-0.15, -0.1) is 0 Å². The summed E-state index contributed by atoms with van der Waals surface area (Å²) >= 11 is 0. The highest BCUT2D eigenvalue weighted by Gasteiger charge is 2.30. The van der Waals surface area contributed by atoms with Gasteiger partial charge in [-0.25, -0.2) is 13.1 Å². The number of piperidine rings is 1. The molecule has 7 nitrogen and oxygen atoms in total. The van der Waals surface area contributed by atoms with E-state index in [2.05, 4.69) is 15.4 Å². The van der Waals surface area contributed by atoms with Gasteiger partial charge in [0, 0.05) is 18.2 Å². The molecule has 1 unspecified atom stereocenters. The molecule has 1 saturated carbocycles. The summed E-state index contributed by atoms with van der Waals surface area (Å²) in [5, 5.41) is 6.25. The van der Waals surface area contributed by atoms with Crippen LogP contribution in [0.1, 0.15) is 42.5 Å². The van der Waals surface area contributed by atoms with E-state index in [1.54, 1.807) is 6.07 Å². The fourth-order valence-electron chi connectivity index (χ4n) is 3.17. The van der Waals surface area contributed by atoms with Crippen LogP contribution in [0, 0.1) is 5.92 Å². The largest absolute Gasteiger partial charge is 0.495 e. The lowest BCUT2D eigenvalue weighted by atomic mass is 9.96. The van der Waals surface area contributed by atoms with Crippen molar-refractivity contribution in [3.05, 3.63) is 23.8 Å². The molecular weight excluding hydrogens is 354 g/mol. The van der Waals surface area contributed by atoms with Gasteiger partial charge in [-0.3, -0.25) is 4.79 Å². The Kier molecular flexibility index (Phi) is 6.16. The third kappa shape index (κ3) is 4.96. The second-order valence-corrected chi connectivity index (χ2v) is 8.70. The van der Waals surface area contributed by atoms with Gasteiger partial charge in [-0.1, -0.05) is 0 Å². The Morgan fingerprint density at radius 1 is 1.31 bits per heavy atom. The number of hydrogen-bond donors (Lipinski definition) is 3. The van der Waals surface area contributed by atoms with Gasteiger partial charge in [-0.05, 0) is 69.3 Å². The van der Waals surface area contributed by atoms with Gasteiger partial charge in [0.2, 0.25) is 10.0 Å². The Bertz CT molecular complexity index is 741. The number of hydrogen-bond acceptors (Lipinski definition) is 5. The molecule has 0 aromatic heterocycles. The molecular formula is C18H27N3O4S. The molecule has 1 aliphatic heterocycles. The summed E-state index contributed by atoms with van der Waals surface area (Å²) in [5.41, 5.74) is 0.323. The van der Waals surface area contributed by atoms with E-state index < -0.39 is 10.0 Å². The normalized spacial score (nSPS) is 20.6. The molecule has 144 valence electrons. The van der Waals surface area contributed by atoms with Crippen LogP contribution in [0.2, 0.25) is 0 Å². The Morgan fingerprint density at radius 3 is 2.77 bits per heavy atom. The van der Waals surface area contributed by atoms with E-state index in [4.69, 9.17) is 4.74 Å². The van der Waals surface area contributed by atoms with Crippen molar-refractivity contribution in [2.24, 2.45) is 5.92 Å². The molecule has 2 fully saturated rings. The van der Waals surface area contributed by atoms with Gasteiger partial charge in [0.15, 0.2) is 0 Å². The average molecular weight is 381 g/mol. The minimum atomic E-state index is -3.70. The van der Waals surface area contributed by atoms with Gasteiger partial charge in [0.25, 0.3) is 5.91 Å². The zero-order chi connectivity index (χ0) is 18.6. The van der Waals surface area contributed by atoms with Crippen molar-refractivity contribution in [1.29, 1.82) is 0 Å². The monoisotopic (exact) mass is 381 g/mol. The third-order valence-electron chi connectivity index (χ3n) is 4.85. The molecule has 0 bridgehead atoms. The molecule has 1 heterocycles. The highest BCUT2D eigenvalue weighted by molar-refractivity contribution is 7.89. The van der Waals surface area contributed by atoms with Crippen molar-refractivity contribution in [3.63, 3.8) is 0 Å². The second-order valence-electron chi connectivity index (χ2n) is 7.02. The third-order valence-corrected chi connectivity index (χ3v) is 6.39. The number of rotatable bonds is 8. The quantitative estimate of drug-likeness (QED) is 0.630. The number of methoxy groups -OCH3 is 1. The molecule has 1 atom stereocenters. The Morgan fingerprint density at radius 2 is 2.12 bits per heavy atom. The zero-order valence-corrected chi connectivity index (χ0v) is 15.9. The number of benzene rings is 1. The zero-order valence-electron chi connectivity index (χ0n) is 15.1. The summed E-state index contributed by atoms with van der Waals surface area (Å²) in [6.07, 6.45) is 4.96. The molecule has 1 amide bonds. The summed E-state index contributed by atoms with van der Waals surface area (Å²) in [7, 11) is -2.28. The minimum Gasteiger partial charge on any atom is -0.495 e. The Balaban J connectivity index is 1.65. The predicted octanol–water partition coefficient (Wildman–Crippen LogP) is 1.26. The van der Waals surface area contributed by atoms with Gasteiger partial charge < -0.3 is 15.4 Å². The van der Waals surface area contributed by atoms with Crippen LogP contribution in [0.25, 0.3) is 0 Å². The van der Waals surface area contributed by atoms with Crippen LogP contribution in [-0.2, 0) is 10.0 Å². The van der Waals surface area contributed by atoms with Crippen LogP contribution in [0.3, 0.4) is 0 Å². The Hall–Kier alpha value is -1.64. The average Bonchev–Trinajstić information content (AvgIpc) is 3.45. The Labute approximate surface area is 154 Å². The fourth-order valence-corrected chi connectivity index (χ4v) is 4.67. The van der Waals surface area contributed by atoms with E-state index in [1.807, 2.05) is 0 Å². The molecule has 1 aliphatic carbocycles. The fraction of sp³-hybridized carbons (Fsp3) is 0.611. The van der Waals surface area contributed by atoms with Crippen LogP contribution in [0.15, 0.2) is 23.1 Å².